The van der Waals surface area contributed by atoms with Gasteiger partial charge in [0.2, 0.25) is 0 Å². The number of hydrogen-bond donors (Lipinski definition) is 1. The molecule has 1 heterocycles. The number of nitrogens with zero attached hydrogens (tertiary/aromatic N) is 1. The van der Waals surface area contributed by atoms with Crippen LogP contribution >= 0.6 is 0 Å². The molecule has 1 aliphatic heterocycles. The molecule has 0 bridgehead atoms. The third-order valence-electron chi connectivity index (χ3n) is 4.82. The van der Waals surface area contributed by atoms with Crippen LogP contribution in [0.15, 0.2) is 18.2 Å². The fraction of sp³-hybridized carbons (Fsp3) is 0.647. The van der Waals surface area contributed by atoms with E-state index in [1.807, 2.05) is 0 Å². The van der Waals surface area contributed by atoms with Crippen molar-refractivity contribution >= 4 is 5.69 Å². The van der Waals surface area contributed by atoms with E-state index in [1.165, 1.54) is 68.4 Å². The highest BCUT2D eigenvalue weighted by atomic mass is 15.1. The fourth-order valence-corrected chi connectivity index (χ4v) is 3.64. The van der Waals surface area contributed by atoms with Gasteiger partial charge in [-0.25, -0.2) is 0 Å². The third kappa shape index (κ3) is 2.79. The summed E-state index contributed by atoms with van der Waals surface area (Å²) >= 11 is 0. The number of rotatable bonds is 3. The molecule has 0 saturated heterocycles. The molecule has 2 heteroatoms. The standard InChI is InChI=1S/C17H26N2/c1-13(18)15-7-8-17-16(11-15)9-10-19(17)12-14-5-3-2-4-6-14/h7-8,11,13-14H,2-6,9-10,12,18H2,1H3. The molecule has 19 heavy (non-hydrogen) atoms. The van der Waals surface area contributed by atoms with Gasteiger partial charge in [0.15, 0.2) is 0 Å². The second kappa shape index (κ2) is 5.54. The van der Waals surface area contributed by atoms with Gasteiger partial charge in [-0.15, -0.1) is 0 Å². The number of anilines is 1. The second-order valence-electron chi connectivity index (χ2n) is 6.38. The average molecular weight is 258 g/mol. The number of fused-ring (bicyclic) bond motifs is 1. The van der Waals surface area contributed by atoms with Crippen molar-refractivity contribution < 1.29 is 0 Å². The van der Waals surface area contributed by atoms with Gasteiger partial charge in [0.25, 0.3) is 0 Å². The summed E-state index contributed by atoms with van der Waals surface area (Å²) in [6.45, 7) is 4.54. The number of hydrogen-bond acceptors (Lipinski definition) is 2. The van der Waals surface area contributed by atoms with Crippen LogP contribution in [0, 0.1) is 5.92 Å². The Morgan fingerprint density at radius 1 is 1.26 bits per heavy atom. The first-order chi connectivity index (χ1) is 9.24. The molecule has 3 rings (SSSR count). The minimum atomic E-state index is 0.151. The van der Waals surface area contributed by atoms with Crippen LogP contribution in [0.25, 0.3) is 0 Å². The van der Waals surface area contributed by atoms with Crippen LogP contribution in [0.1, 0.15) is 56.2 Å². The lowest BCUT2D eigenvalue weighted by Crippen LogP contribution is -2.28. The molecule has 0 amide bonds. The van der Waals surface area contributed by atoms with Crippen molar-refractivity contribution in [1.29, 1.82) is 0 Å². The predicted octanol–water partition coefficient (Wildman–Crippen LogP) is 3.65. The normalized spacial score (nSPS) is 21.5. The first-order valence-corrected chi connectivity index (χ1v) is 7.87. The molecule has 0 spiro atoms. The largest absolute Gasteiger partial charge is 0.371 e. The van der Waals surface area contributed by atoms with Crippen molar-refractivity contribution in [3.05, 3.63) is 29.3 Å². The lowest BCUT2D eigenvalue weighted by Gasteiger charge is -2.28. The van der Waals surface area contributed by atoms with Crippen molar-refractivity contribution in [3.63, 3.8) is 0 Å². The lowest BCUT2D eigenvalue weighted by atomic mass is 9.89. The topological polar surface area (TPSA) is 29.3 Å². The van der Waals surface area contributed by atoms with Gasteiger partial charge in [-0.05, 0) is 49.3 Å². The van der Waals surface area contributed by atoms with E-state index in [0.717, 1.165) is 5.92 Å². The van der Waals surface area contributed by atoms with Crippen molar-refractivity contribution in [2.24, 2.45) is 11.7 Å². The summed E-state index contributed by atoms with van der Waals surface area (Å²) < 4.78 is 0. The zero-order valence-electron chi connectivity index (χ0n) is 12.1. The molecule has 2 N–H and O–H groups in total. The van der Waals surface area contributed by atoms with Gasteiger partial charge in [-0.2, -0.15) is 0 Å². The first-order valence-electron chi connectivity index (χ1n) is 7.87. The molecule has 0 aromatic heterocycles. The molecule has 104 valence electrons. The zero-order chi connectivity index (χ0) is 13.2. The van der Waals surface area contributed by atoms with Crippen molar-refractivity contribution in [1.82, 2.24) is 0 Å². The summed E-state index contributed by atoms with van der Waals surface area (Å²) in [7, 11) is 0. The number of nitrogens with two attached hydrogens (primary N) is 1. The molecule has 1 saturated carbocycles. The maximum absolute atomic E-state index is 5.98. The molecular formula is C17H26N2. The molecule has 0 radical (unpaired) electrons. The highest BCUT2D eigenvalue weighted by molar-refractivity contribution is 5.59. The highest BCUT2D eigenvalue weighted by Crippen LogP contribution is 2.33. The quantitative estimate of drug-likeness (QED) is 0.896. The van der Waals surface area contributed by atoms with Gasteiger partial charge in [0, 0.05) is 24.8 Å². The Bertz CT molecular complexity index is 433. The summed E-state index contributed by atoms with van der Waals surface area (Å²) in [6, 6.07) is 6.98. The Morgan fingerprint density at radius 3 is 2.79 bits per heavy atom. The Labute approximate surface area is 117 Å². The molecule has 2 aliphatic rings. The van der Waals surface area contributed by atoms with E-state index < -0.39 is 0 Å². The minimum absolute atomic E-state index is 0.151. The van der Waals surface area contributed by atoms with Crippen LogP contribution < -0.4 is 10.6 Å². The Morgan fingerprint density at radius 2 is 2.05 bits per heavy atom. The molecule has 1 atom stereocenters. The molecular weight excluding hydrogens is 232 g/mol. The SMILES string of the molecule is CC(N)c1ccc2c(c1)CCN2CC1CCCCC1. The first kappa shape index (κ1) is 13.0. The predicted molar refractivity (Wildman–Crippen MR) is 81.5 cm³/mol. The van der Waals surface area contributed by atoms with E-state index in [0.29, 0.717) is 0 Å². The lowest BCUT2D eigenvalue weighted by molar-refractivity contribution is 0.360. The van der Waals surface area contributed by atoms with Crippen molar-refractivity contribution in [3.8, 4) is 0 Å². The van der Waals surface area contributed by atoms with Gasteiger partial charge in [0.1, 0.15) is 0 Å². The van der Waals surface area contributed by atoms with E-state index in [-0.39, 0.29) is 6.04 Å². The number of benzene rings is 1. The van der Waals surface area contributed by atoms with E-state index in [9.17, 15) is 0 Å². The summed E-state index contributed by atoms with van der Waals surface area (Å²) in [6.07, 6.45) is 8.39. The summed E-state index contributed by atoms with van der Waals surface area (Å²) in [5.74, 6) is 0.924. The van der Waals surface area contributed by atoms with Crippen LogP contribution in [0.5, 0.6) is 0 Å². The maximum Gasteiger partial charge on any atom is 0.0399 e. The maximum atomic E-state index is 5.98. The third-order valence-corrected chi connectivity index (χ3v) is 4.82. The Kier molecular flexibility index (Phi) is 3.79. The molecule has 1 fully saturated rings. The Hall–Kier alpha value is -1.02. The van der Waals surface area contributed by atoms with E-state index in [2.05, 4.69) is 30.0 Å². The smallest absolute Gasteiger partial charge is 0.0399 e. The molecule has 1 unspecified atom stereocenters. The van der Waals surface area contributed by atoms with Crippen LogP contribution in [0.3, 0.4) is 0 Å². The van der Waals surface area contributed by atoms with Crippen molar-refractivity contribution in [2.45, 2.75) is 51.5 Å². The second-order valence-corrected chi connectivity index (χ2v) is 6.38. The summed E-state index contributed by atoms with van der Waals surface area (Å²) in [5.41, 5.74) is 10.2. The van der Waals surface area contributed by atoms with Gasteiger partial charge in [0.05, 0.1) is 0 Å². The van der Waals surface area contributed by atoms with E-state index in [4.69, 9.17) is 5.73 Å². The van der Waals surface area contributed by atoms with Crippen LogP contribution in [-0.2, 0) is 6.42 Å². The molecule has 2 nitrogen and oxygen atoms in total. The van der Waals surface area contributed by atoms with Crippen LogP contribution in [0.2, 0.25) is 0 Å². The molecule has 1 aromatic rings. The Balaban J connectivity index is 1.71. The zero-order valence-corrected chi connectivity index (χ0v) is 12.1. The van der Waals surface area contributed by atoms with Crippen LogP contribution in [-0.4, -0.2) is 13.1 Å². The van der Waals surface area contributed by atoms with Gasteiger partial charge >= 0.3 is 0 Å². The van der Waals surface area contributed by atoms with E-state index >= 15 is 0 Å². The van der Waals surface area contributed by atoms with Gasteiger partial charge < -0.3 is 10.6 Å². The molecule has 1 aromatic carbocycles. The highest BCUT2D eigenvalue weighted by Gasteiger charge is 2.23. The monoisotopic (exact) mass is 258 g/mol. The fourth-order valence-electron chi connectivity index (χ4n) is 3.64. The van der Waals surface area contributed by atoms with Crippen molar-refractivity contribution in [2.75, 3.05) is 18.0 Å². The van der Waals surface area contributed by atoms with Gasteiger partial charge in [-0.1, -0.05) is 31.4 Å². The average Bonchev–Trinajstić information content (AvgIpc) is 2.82. The summed E-state index contributed by atoms with van der Waals surface area (Å²) in [5, 5.41) is 0. The summed E-state index contributed by atoms with van der Waals surface area (Å²) in [4.78, 5) is 2.61. The minimum Gasteiger partial charge on any atom is -0.371 e. The van der Waals surface area contributed by atoms with Gasteiger partial charge in [-0.3, -0.25) is 0 Å². The molecule has 1 aliphatic carbocycles. The van der Waals surface area contributed by atoms with E-state index in [1.54, 1.807) is 0 Å². The van der Waals surface area contributed by atoms with Crippen LogP contribution in [0.4, 0.5) is 5.69 Å².